The summed E-state index contributed by atoms with van der Waals surface area (Å²) < 4.78 is 10.4. The predicted molar refractivity (Wildman–Crippen MR) is 43.4 cm³/mol. The molecule has 1 rings (SSSR count). The van der Waals surface area contributed by atoms with E-state index in [4.69, 9.17) is 9.47 Å². The van der Waals surface area contributed by atoms with E-state index in [2.05, 4.69) is 11.8 Å². The summed E-state index contributed by atoms with van der Waals surface area (Å²) in [6, 6.07) is 0. The van der Waals surface area contributed by atoms with Crippen LogP contribution < -0.4 is 0 Å². The number of ether oxygens (including phenoxy) is 2. The largest absolute Gasteiger partial charge is 0.380 e. The Hall–Kier alpha value is -0.120. The van der Waals surface area contributed by atoms with Gasteiger partial charge in [-0.15, -0.1) is 0 Å². The zero-order chi connectivity index (χ0) is 7.94. The van der Waals surface area contributed by atoms with Crippen LogP contribution in [0.4, 0.5) is 0 Å². The molecule has 0 aromatic heterocycles. The molecule has 0 N–H and O–H groups in total. The van der Waals surface area contributed by atoms with Gasteiger partial charge in [-0.3, -0.25) is 4.90 Å². The van der Waals surface area contributed by atoms with Gasteiger partial charge in [0.1, 0.15) is 0 Å². The van der Waals surface area contributed by atoms with E-state index in [1.54, 1.807) is 0 Å². The van der Waals surface area contributed by atoms with Crippen LogP contribution in [0.3, 0.4) is 0 Å². The Kier molecular flexibility index (Phi) is 4.50. The Balaban J connectivity index is 1.96. The molecule has 0 aromatic rings. The van der Waals surface area contributed by atoms with Gasteiger partial charge >= 0.3 is 0 Å². The van der Waals surface area contributed by atoms with Crippen LogP contribution in [-0.4, -0.2) is 51.0 Å². The molecule has 1 radical (unpaired) electrons. The van der Waals surface area contributed by atoms with E-state index in [-0.39, 0.29) is 0 Å². The van der Waals surface area contributed by atoms with E-state index in [0.717, 1.165) is 39.5 Å². The van der Waals surface area contributed by atoms with Crippen LogP contribution in [-0.2, 0) is 9.47 Å². The third-order valence-corrected chi connectivity index (χ3v) is 1.80. The molecular weight excluding hydrogens is 142 g/mol. The van der Waals surface area contributed by atoms with Crippen LogP contribution in [0.1, 0.15) is 0 Å². The van der Waals surface area contributed by atoms with Crippen molar-refractivity contribution in [1.82, 2.24) is 4.90 Å². The van der Waals surface area contributed by atoms with Crippen molar-refractivity contribution < 1.29 is 9.47 Å². The van der Waals surface area contributed by atoms with Crippen molar-refractivity contribution in [3.05, 3.63) is 6.92 Å². The standard InChI is InChI=1S/C8H16NO2/c1-2-10-6-3-9-4-7-11-8-5-9/h1-8H2. The van der Waals surface area contributed by atoms with E-state index in [1.807, 2.05) is 0 Å². The molecule has 0 spiro atoms. The first-order chi connectivity index (χ1) is 5.43. The Labute approximate surface area is 68.3 Å². The average Bonchev–Trinajstić information content (AvgIpc) is 2.07. The summed E-state index contributed by atoms with van der Waals surface area (Å²) in [5.41, 5.74) is 0. The summed E-state index contributed by atoms with van der Waals surface area (Å²) in [4.78, 5) is 2.35. The highest BCUT2D eigenvalue weighted by Gasteiger charge is 2.08. The van der Waals surface area contributed by atoms with Crippen LogP contribution in [0.25, 0.3) is 0 Å². The first-order valence-corrected chi connectivity index (χ1v) is 4.10. The molecule has 11 heavy (non-hydrogen) atoms. The Bertz CT molecular complexity index is 92.1. The maximum atomic E-state index is 5.21. The van der Waals surface area contributed by atoms with Gasteiger partial charge < -0.3 is 9.47 Å². The van der Waals surface area contributed by atoms with E-state index >= 15 is 0 Å². The third-order valence-electron chi connectivity index (χ3n) is 1.80. The Morgan fingerprint density at radius 1 is 1.36 bits per heavy atom. The van der Waals surface area contributed by atoms with Crippen molar-refractivity contribution in [3.8, 4) is 0 Å². The highest BCUT2D eigenvalue weighted by Crippen LogP contribution is 1.95. The molecule has 0 aliphatic carbocycles. The minimum Gasteiger partial charge on any atom is -0.380 e. The Morgan fingerprint density at radius 3 is 2.73 bits per heavy atom. The van der Waals surface area contributed by atoms with Gasteiger partial charge in [0.15, 0.2) is 0 Å². The molecule has 0 unspecified atom stereocenters. The molecule has 0 aromatic carbocycles. The van der Waals surface area contributed by atoms with Gasteiger partial charge in [0.2, 0.25) is 0 Å². The lowest BCUT2D eigenvalue weighted by atomic mass is 10.4. The summed E-state index contributed by atoms with van der Waals surface area (Å²) in [6.07, 6.45) is 0. The monoisotopic (exact) mass is 158 g/mol. The fourth-order valence-corrected chi connectivity index (χ4v) is 1.12. The van der Waals surface area contributed by atoms with E-state index in [9.17, 15) is 0 Å². The number of morpholine rings is 1. The van der Waals surface area contributed by atoms with Gasteiger partial charge in [-0.1, -0.05) is 0 Å². The molecule has 1 aliphatic rings. The molecule has 1 aliphatic heterocycles. The molecule has 0 amide bonds. The van der Waals surface area contributed by atoms with Crippen LogP contribution in [0.5, 0.6) is 0 Å². The van der Waals surface area contributed by atoms with Crippen molar-refractivity contribution in [3.63, 3.8) is 0 Å². The maximum Gasteiger partial charge on any atom is 0.0594 e. The first-order valence-electron chi connectivity index (χ1n) is 4.10. The molecule has 3 nitrogen and oxygen atoms in total. The fraction of sp³-hybridized carbons (Fsp3) is 0.875. The van der Waals surface area contributed by atoms with Crippen molar-refractivity contribution in [2.24, 2.45) is 0 Å². The average molecular weight is 158 g/mol. The molecule has 65 valence electrons. The van der Waals surface area contributed by atoms with Crippen LogP contribution >= 0.6 is 0 Å². The summed E-state index contributed by atoms with van der Waals surface area (Å²) in [5.74, 6) is 0. The molecule has 3 heteroatoms. The summed E-state index contributed by atoms with van der Waals surface area (Å²) >= 11 is 0. The number of rotatable bonds is 4. The Morgan fingerprint density at radius 2 is 2.09 bits per heavy atom. The van der Waals surface area contributed by atoms with Gasteiger partial charge in [-0.05, 0) is 6.92 Å². The van der Waals surface area contributed by atoms with Crippen LogP contribution in [0, 0.1) is 6.92 Å². The molecule has 1 heterocycles. The second-order valence-corrected chi connectivity index (χ2v) is 2.57. The summed E-state index contributed by atoms with van der Waals surface area (Å²) in [5, 5.41) is 0. The van der Waals surface area contributed by atoms with Crippen molar-refractivity contribution in [2.45, 2.75) is 0 Å². The van der Waals surface area contributed by atoms with Gasteiger partial charge in [0, 0.05) is 26.2 Å². The predicted octanol–water partition coefficient (Wildman–Crippen LogP) is 0.169. The molecule has 1 fully saturated rings. The second-order valence-electron chi connectivity index (χ2n) is 2.57. The van der Waals surface area contributed by atoms with Gasteiger partial charge in [-0.25, -0.2) is 0 Å². The smallest absolute Gasteiger partial charge is 0.0594 e. The lowest BCUT2D eigenvalue weighted by molar-refractivity contribution is 0.0232. The molecule has 0 atom stereocenters. The van der Waals surface area contributed by atoms with Gasteiger partial charge in [-0.2, -0.15) is 0 Å². The fourth-order valence-electron chi connectivity index (χ4n) is 1.12. The van der Waals surface area contributed by atoms with Gasteiger partial charge in [0.05, 0.1) is 19.8 Å². The normalized spacial score (nSPS) is 20.5. The molecular formula is C8H16NO2. The van der Waals surface area contributed by atoms with Gasteiger partial charge in [0.25, 0.3) is 0 Å². The quantitative estimate of drug-likeness (QED) is 0.544. The zero-order valence-electron chi connectivity index (χ0n) is 6.92. The van der Waals surface area contributed by atoms with Crippen molar-refractivity contribution in [1.29, 1.82) is 0 Å². The lowest BCUT2D eigenvalue weighted by Crippen LogP contribution is -2.38. The summed E-state index contributed by atoms with van der Waals surface area (Å²) in [7, 11) is 0. The van der Waals surface area contributed by atoms with Crippen LogP contribution in [0.15, 0.2) is 0 Å². The third kappa shape index (κ3) is 3.70. The maximum absolute atomic E-state index is 5.21. The van der Waals surface area contributed by atoms with Crippen molar-refractivity contribution >= 4 is 0 Å². The topological polar surface area (TPSA) is 21.7 Å². The number of hydrogen-bond acceptors (Lipinski definition) is 3. The lowest BCUT2D eigenvalue weighted by Gasteiger charge is -2.26. The molecule has 1 saturated heterocycles. The number of nitrogens with zero attached hydrogens (tertiary/aromatic N) is 1. The van der Waals surface area contributed by atoms with Crippen molar-refractivity contribution in [2.75, 3.05) is 46.1 Å². The van der Waals surface area contributed by atoms with E-state index in [1.165, 1.54) is 0 Å². The molecule has 0 bridgehead atoms. The second kappa shape index (κ2) is 5.52. The van der Waals surface area contributed by atoms with E-state index in [0.29, 0.717) is 6.61 Å². The summed E-state index contributed by atoms with van der Waals surface area (Å²) in [6.45, 7) is 9.80. The molecule has 0 saturated carbocycles. The highest BCUT2D eigenvalue weighted by molar-refractivity contribution is 4.60. The number of hydrogen-bond donors (Lipinski definition) is 0. The van der Waals surface area contributed by atoms with E-state index < -0.39 is 0 Å². The first kappa shape index (κ1) is 8.97. The highest BCUT2D eigenvalue weighted by atomic mass is 16.5. The zero-order valence-corrected chi connectivity index (χ0v) is 6.92. The minimum atomic E-state index is 0.574. The SMILES string of the molecule is [CH2]COCCN1CCOCC1. The van der Waals surface area contributed by atoms with Crippen LogP contribution in [0.2, 0.25) is 0 Å². The minimum absolute atomic E-state index is 0.574.